The number of nitrogens with zero attached hydrogens (tertiary/aromatic N) is 3. The zero-order valence-electron chi connectivity index (χ0n) is 13.9. The van der Waals surface area contributed by atoms with Crippen LogP contribution in [0.15, 0.2) is 6.20 Å². The number of ketones is 1. The van der Waals surface area contributed by atoms with Crippen LogP contribution in [0.25, 0.3) is 0 Å². The van der Waals surface area contributed by atoms with Crippen LogP contribution in [0, 0.1) is 10.1 Å². The molecule has 1 atom stereocenters. The van der Waals surface area contributed by atoms with E-state index in [0.29, 0.717) is 13.0 Å². The number of carbonyl (C=O) groups is 2. The minimum atomic E-state index is -0.624. The van der Waals surface area contributed by atoms with E-state index in [2.05, 4.69) is 15.5 Å². The van der Waals surface area contributed by atoms with Crippen molar-refractivity contribution < 1.29 is 19.2 Å². The van der Waals surface area contributed by atoms with Crippen LogP contribution in [0.3, 0.4) is 0 Å². The lowest BCUT2D eigenvalue weighted by Crippen LogP contribution is -2.40. The highest BCUT2D eigenvalue weighted by Crippen LogP contribution is 2.26. The molecule has 10 heteroatoms. The van der Waals surface area contributed by atoms with Crippen molar-refractivity contribution in [1.29, 1.82) is 0 Å². The van der Waals surface area contributed by atoms with E-state index >= 15 is 0 Å². The Morgan fingerprint density at radius 2 is 2.25 bits per heavy atom. The molecule has 24 heavy (non-hydrogen) atoms. The first-order valence-corrected chi connectivity index (χ1v) is 7.59. The Kier molecular flexibility index (Phi) is 5.05. The summed E-state index contributed by atoms with van der Waals surface area (Å²) >= 11 is 0. The Bertz CT molecular complexity index is 636. The Labute approximate surface area is 138 Å². The molecule has 1 amide bonds. The smallest absolute Gasteiger partial charge is 0.407 e. The predicted octanol–water partition coefficient (Wildman–Crippen LogP) is 1.38. The summed E-state index contributed by atoms with van der Waals surface area (Å²) < 4.78 is 5.19. The highest BCUT2D eigenvalue weighted by Gasteiger charge is 2.29. The van der Waals surface area contributed by atoms with E-state index in [0.717, 1.165) is 6.20 Å². The molecule has 1 aliphatic rings. The molecule has 0 aliphatic carbocycles. The number of nitro groups is 1. The molecule has 0 bridgehead atoms. The molecule has 0 radical (unpaired) electrons. The third-order valence-corrected chi connectivity index (χ3v) is 3.42. The Balaban J connectivity index is 2.03. The van der Waals surface area contributed by atoms with E-state index in [4.69, 9.17) is 4.74 Å². The van der Waals surface area contributed by atoms with Gasteiger partial charge in [0, 0.05) is 19.0 Å². The fraction of sp³-hybridized carbons (Fsp3) is 0.643. The van der Waals surface area contributed by atoms with Crippen LogP contribution >= 0.6 is 0 Å². The number of ether oxygens (including phenoxy) is 1. The van der Waals surface area contributed by atoms with Crippen LogP contribution in [0.2, 0.25) is 0 Å². The van der Waals surface area contributed by atoms with Crippen molar-refractivity contribution in [3.8, 4) is 0 Å². The summed E-state index contributed by atoms with van der Waals surface area (Å²) in [6.45, 7) is 5.66. The van der Waals surface area contributed by atoms with Crippen molar-refractivity contribution in [2.75, 3.05) is 18.0 Å². The topological polar surface area (TPSA) is 130 Å². The Hall–Kier alpha value is -2.65. The van der Waals surface area contributed by atoms with E-state index < -0.39 is 16.6 Å². The quantitative estimate of drug-likeness (QED) is 0.628. The molecule has 0 saturated carbocycles. The number of hydrogen-bond acceptors (Lipinski definition) is 7. The first kappa shape index (κ1) is 17.7. The Morgan fingerprint density at radius 3 is 2.88 bits per heavy atom. The van der Waals surface area contributed by atoms with Gasteiger partial charge in [0.2, 0.25) is 5.82 Å². The van der Waals surface area contributed by atoms with Crippen LogP contribution in [-0.4, -0.2) is 51.7 Å². The maximum absolute atomic E-state index is 12.1. The van der Waals surface area contributed by atoms with Gasteiger partial charge in [-0.3, -0.25) is 20.0 Å². The van der Waals surface area contributed by atoms with Gasteiger partial charge in [-0.05, 0) is 27.2 Å². The van der Waals surface area contributed by atoms with Gasteiger partial charge in [0.1, 0.15) is 11.8 Å². The first-order valence-electron chi connectivity index (χ1n) is 7.59. The molecule has 10 nitrogen and oxygen atoms in total. The number of anilines is 1. The summed E-state index contributed by atoms with van der Waals surface area (Å²) in [5.74, 6) is 0.0729. The third-order valence-electron chi connectivity index (χ3n) is 3.42. The molecule has 2 heterocycles. The van der Waals surface area contributed by atoms with Crippen molar-refractivity contribution in [1.82, 2.24) is 15.5 Å². The normalized spacial score (nSPS) is 18.9. The molecule has 1 aromatic rings. The first-order chi connectivity index (χ1) is 11.2. The number of carbonyl (C=O) groups excluding carboxylic acids is 2. The lowest BCUT2D eigenvalue weighted by Gasteiger charge is -2.23. The summed E-state index contributed by atoms with van der Waals surface area (Å²) in [6, 6.07) is -0.376. The standard InChI is InChI=1S/C14H21N5O5/c1-14(2,3)24-13(21)16-9-4-5-18(8-10(20)6-9)12-11(19(22)23)7-15-17-12/h7,9H,4-6,8H2,1-3H3,(H,15,17)(H,16,21). The largest absolute Gasteiger partial charge is 0.444 e. The number of H-pyrrole nitrogens is 1. The maximum Gasteiger partial charge on any atom is 0.407 e. The summed E-state index contributed by atoms with van der Waals surface area (Å²) in [6.07, 6.45) is 1.14. The molecule has 1 saturated heterocycles. The number of nitrogens with one attached hydrogen (secondary N) is 2. The van der Waals surface area contributed by atoms with Crippen molar-refractivity contribution >= 4 is 23.4 Å². The van der Waals surface area contributed by atoms with Gasteiger partial charge in [0.15, 0.2) is 5.78 Å². The number of aromatic amines is 1. The van der Waals surface area contributed by atoms with Crippen molar-refractivity contribution in [2.45, 2.75) is 45.3 Å². The van der Waals surface area contributed by atoms with Gasteiger partial charge in [-0.15, -0.1) is 0 Å². The molecule has 132 valence electrons. The number of aromatic nitrogens is 2. The van der Waals surface area contributed by atoms with Gasteiger partial charge in [0.05, 0.1) is 11.5 Å². The summed E-state index contributed by atoms with van der Waals surface area (Å²) in [5, 5.41) is 19.9. The molecular weight excluding hydrogens is 318 g/mol. The highest BCUT2D eigenvalue weighted by molar-refractivity contribution is 5.85. The predicted molar refractivity (Wildman–Crippen MR) is 84.9 cm³/mol. The van der Waals surface area contributed by atoms with Gasteiger partial charge >= 0.3 is 11.8 Å². The fourth-order valence-corrected chi connectivity index (χ4v) is 2.47. The minimum Gasteiger partial charge on any atom is -0.444 e. The molecule has 1 aromatic heterocycles. The second-order valence-electron chi connectivity index (χ2n) is 6.66. The molecule has 1 aliphatic heterocycles. The molecular formula is C14H21N5O5. The molecule has 1 fully saturated rings. The minimum absolute atomic E-state index is 0.0233. The fourth-order valence-electron chi connectivity index (χ4n) is 2.47. The molecule has 0 spiro atoms. The summed E-state index contributed by atoms with van der Waals surface area (Å²) in [7, 11) is 0. The van der Waals surface area contributed by atoms with Crippen LogP contribution < -0.4 is 10.2 Å². The van der Waals surface area contributed by atoms with Crippen LogP contribution in [0.1, 0.15) is 33.6 Å². The van der Waals surface area contributed by atoms with Crippen molar-refractivity contribution in [3.05, 3.63) is 16.3 Å². The number of hydrogen-bond donors (Lipinski definition) is 2. The summed E-state index contributed by atoms with van der Waals surface area (Å²) in [4.78, 5) is 36.0. The average molecular weight is 339 g/mol. The average Bonchev–Trinajstić information content (AvgIpc) is 2.83. The van der Waals surface area contributed by atoms with E-state index in [9.17, 15) is 19.7 Å². The van der Waals surface area contributed by atoms with Gasteiger partial charge in [0.25, 0.3) is 0 Å². The summed E-state index contributed by atoms with van der Waals surface area (Å²) in [5.41, 5.74) is -0.803. The zero-order valence-corrected chi connectivity index (χ0v) is 13.9. The SMILES string of the molecule is CC(C)(C)OC(=O)NC1CCN(c2[nH]ncc2[N+](=O)[O-])CC(=O)C1. The monoisotopic (exact) mass is 339 g/mol. The van der Waals surface area contributed by atoms with Crippen molar-refractivity contribution in [2.24, 2.45) is 0 Å². The van der Waals surface area contributed by atoms with E-state index in [1.54, 1.807) is 25.7 Å². The number of Topliss-reactive ketones (excluding diaryl/α,β-unsaturated/α-hetero) is 1. The molecule has 1 unspecified atom stereocenters. The second-order valence-corrected chi connectivity index (χ2v) is 6.66. The van der Waals surface area contributed by atoms with Crippen LogP contribution in [-0.2, 0) is 9.53 Å². The van der Waals surface area contributed by atoms with Crippen LogP contribution in [0.4, 0.5) is 16.3 Å². The zero-order chi connectivity index (χ0) is 17.9. The molecule has 2 N–H and O–H groups in total. The third kappa shape index (κ3) is 4.67. The maximum atomic E-state index is 12.1. The number of alkyl carbamates (subject to hydrolysis) is 1. The lowest BCUT2D eigenvalue weighted by molar-refractivity contribution is -0.384. The number of amides is 1. The Morgan fingerprint density at radius 1 is 1.54 bits per heavy atom. The van der Waals surface area contributed by atoms with Gasteiger partial charge in [-0.2, -0.15) is 5.10 Å². The lowest BCUT2D eigenvalue weighted by atomic mass is 10.1. The van der Waals surface area contributed by atoms with E-state index in [1.807, 2.05) is 0 Å². The number of rotatable bonds is 3. The van der Waals surface area contributed by atoms with E-state index in [1.165, 1.54) is 0 Å². The van der Waals surface area contributed by atoms with Crippen LogP contribution in [0.5, 0.6) is 0 Å². The molecule has 0 aromatic carbocycles. The van der Waals surface area contributed by atoms with Gasteiger partial charge < -0.3 is 15.0 Å². The van der Waals surface area contributed by atoms with E-state index in [-0.39, 0.29) is 36.3 Å². The highest BCUT2D eigenvalue weighted by atomic mass is 16.6. The second kappa shape index (κ2) is 6.85. The van der Waals surface area contributed by atoms with Gasteiger partial charge in [-0.1, -0.05) is 0 Å². The van der Waals surface area contributed by atoms with Crippen molar-refractivity contribution in [3.63, 3.8) is 0 Å². The molecule has 2 rings (SSSR count). The van der Waals surface area contributed by atoms with Gasteiger partial charge in [-0.25, -0.2) is 4.79 Å².